The number of aliphatic imine (C=N–C) groups is 1. The van der Waals surface area contributed by atoms with Gasteiger partial charge in [0, 0.05) is 5.56 Å². The van der Waals surface area contributed by atoms with Gasteiger partial charge in [-0.25, -0.2) is 19.0 Å². The SMILES string of the molecule is O=C1OC(c2ccc(F)cc2)=NC1=Cc1ccc(OC(=O)c2ccccc2Cl)cc1. The fourth-order valence-electron chi connectivity index (χ4n) is 2.70. The van der Waals surface area contributed by atoms with Crippen molar-refractivity contribution in [2.24, 2.45) is 4.99 Å². The summed E-state index contributed by atoms with van der Waals surface area (Å²) < 4.78 is 23.5. The number of esters is 2. The normalized spacial score (nSPS) is 14.4. The molecule has 0 spiro atoms. The van der Waals surface area contributed by atoms with Gasteiger partial charge in [-0.05, 0) is 60.2 Å². The standard InChI is InChI=1S/C23H13ClFNO4/c24-19-4-2-1-3-18(19)22(27)29-17-11-5-14(6-12-17)13-20-23(28)30-21(26-20)15-7-9-16(25)10-8-15/h1-13H. The first-order chi connectivity index (χ1) is 14.5. The summed E-state index contributed by atoms with van der Waals surface area (Å²) in [7, 11) is 0. The second-order valence-corrected chi connectivity index (χ2v) is 6.69. The molecule has 7 heteroatoms. The van der Waals surface area contributed by atoms with Gasteiger partial charge >= 0.3 is 11.9 Å². The topological polar surface area (TPSA) is 65.0 Å². The molecule has 5 nitrogen and oxygen atoms in total. The van der Waals surface area contributed by atoms with Crippen LogP contribution in [0.15, 0.2) is 83.5 Å². The van der Waals surface area contributed by atoms with Crippen LogP contribution in [0.25, 0.3) is 6.08 Å². The third-order valence-electron chi connectivity index (χ3n) is 4.20. The van der Waals surface area contributed by atoms with Crippen LogP contribution in [-0.4, -0.2) is 17.8 Å². The lowest BCUT2D eigenvalue weighted by Crippen LogP contribution is -2.08. The first-order valence-corrected chi connectivity index (χ1v) is 9.23. The number of nitrogens with zero attached hydrogens (tertiary/aromatic N) is 1. The van der Waals surface area contributed by atoms with E-state index in [4.69, 9.17) is 21.1 Å². The fourth-order valence-corrected chi connectivity index (χ4v) is 2.92. The molecule has 0 unspecified atom stereocenters. The smallest absolute Gasteiger partial charge is 0.363 e. The Kier molecular flexibility index (Phi) is 5.41. The van der Waals surface area contributed by atoms with Crippen LogP contribution in [0.2, 0.25) is 5.02 Å². The van der Waals surface area contributed by atoms with Crippen molar-refractivity contribution in [2.45, 2.75) is 0 Å². The van der Waals surface area contributed by atoms with Crippen LogP contribution in [0.1, 0.15) is 21.5 Å². The van der Waals surface area contributed by atoms with E-state index in [1.54, 1.807) is 54.6 Å². The molecule has 3 aromatic carbocycles. The molecule has 0 aromatic heterocycles. The average molecular weight is 422 g/mol. The van der Waals surface area contributed by atoms with Crippen molar-refractivity contribution < 1.29 is 23.5 Å². The summed E-state index contributed by atoms with van der Waals surface area (Å²) in [5.74, 6) is -1.14. The van der Waals surface area contributed by atoms with E-state index in [2.05, 4.69) is 4.99 Å². The van der Waals surface area contributed by atoms with Crippen LogP contribution >= 0.6 is 11.6 Å². The molecule has 0 radical (unpaired) electrons. The van der Waals surface area contributed by atoms with Crippen LogP contribution in [-0.2, 0) is 9.53 Å². The summed E-state index contributed by atoms with van der Waals surface area (Å²) in [6.45, 7) is 0. The van der Waals surface area contributed by atoms with Crippen LogP contribution < -0.4 is 4.74 Å². The van der Waals surface area contributed by atoms with Gasteiger partial charge in [-0.15, -0.1) is 0 Å². The number of cyclic esters (lactones) is 1. The summed E-state index contributed by atoms with van der Waals surface area (Å²) in [5.41, 5.74) is 1.52. The van der Waals surface area contributed by atoms with Crippen molar-refractivity contribution in [1.82, 2.24) is 0 Å². The minimum atomic E-state index is -0.608. The third kappa shape index (κ3) is 4.29. The number of carbonyl (C=O) groups is 2. The molecule has 0 amide bonds. The molecule has 148 valence electrons. The van der Waals surface area contributed by atoms with Gasteiger partial charge in [0.05, 0.1) is 10.6 Å². The molecule has 0 fully saturated rings. The molecule has 0 atom stereocenters. The lowest BCUT2D eigenvalue weighted by molar-refractivity contribution is -0.129. The average Bonchev–Trinajstić information content (AvgIpc) is 3.10. The van der Waals surface area contributed by atoms with E-state index in [0.29, 0.717) is 21.9 Å². The van der Waals surface area contributed by atoms with Crippen molar-refractivity contribution in [3.05, 3.63) is 106 Å². The van der Waals surface area contributed by atoms with E-state index in [1.165, 1.54) is 24.3 Å². The molecule has 4 rings (SSSR count). The maximum Gasteiger partial charge on any atom is 0.363 e. The van der Waals surface area contributed by atoms with Crippen molar-refractivity contribution in [3.63, 3.8) is 0 Å². The van der Waals surface area contributed by atoms with Gasteiger partial charge in [0.15, 0.2) is 5.70 Å². The lowest BCUT2D eigenvalue weighted by Gasteiger charge is -2.06. The van der Waals surface area contributed by atoms with E-state index < -0.39 is 17.8 Å². The number of benzene rings is 3. The number of carbonyl (C=O) groups excluding carboxylic acids is 2. The Morgan fingerprint density at radius 2 is 1.70 bits per heavy atom. The highest BCUT2D eigenvalue weighted by molar-refractivity contribution is 6.33. The second kappa shape index (κ2) is 8.31. The Morgan fingerprint density at radius 1 is 1.00 bits per heavy atom. The third-order valence-corrected chi connectivity index (χ3v) is 4.53. The maximum atomic E-state index is 13.0. The van der Waals surface area contributed by atoms with Gasteiger partial charge in [0.1, 0.15) is 11.6 Å². The van der Waals surface area contributed by atoms with Crippen LogP contribution in [0.3, 0.4) is 0 Å². The Hall–Kier alpha value is -3.77. The first-order valence-electron chi connectivity index (χ1n) is 8.85. The van der Waals surface area contributed by atoms with Gasteiger partial charge in [-0.2, -0.15) is 0 Å². The zero-order valence-electron chi connectivity index (χ0n) is 15.3. The van der Waals surface area contributed by atoms with E-state index in [9.17, 15) is 14.0 Å². The second-order valence-electron chi connectivity index (χ2n) is 6.28. The minimum absolute atomic E-state index is 0.107. The van der Waals surface area contributed by atoms with Crippen molar-refractivity contribution in [1.29, 1.82) is 0 Å². The highest BCUT2D eigenvalue weighted by Gasteiger charge is 2.24. The van der Waals surface area contributed by atoms with Gasteiger partial charge in [-0.1, -0.05) is 35.9 Å². The molecule has 1 aliphatic heterocycles. The molecule has 0 saturated carbocycles. The van der Waals surface area contributed by atoms with E-state index in [-0.39, 0.29) is 17.2 Å². The summed E-state index contributed by atoms with van der Waals surface area (Å²) >= 11 is 6.00. The Labute approximate surface area is 176 Å². The van der Waals surface area contributed by atoms with Gasteiger partial charge in [-0.3, -0.25) is 0 Å². The fraction of sp³-hybridized carbons (Fsp3) is 0. The zero-order chi connectivity index (χ0) is 21.1. The minimum Gasteiger partial charge on any atom is -0.423 e. The van der Waals surface area contributed by atoms with Crippen LogP contribution in [0.5, 0.6) is 5.75 Å². The first kappa shape index (κ1) is 19.5. The van der Waals surface area contributed by atoms with Crippen molar-refractivity contribution in [3.8, 4) is 5.75 Å². The molecule has 0 bridgehead atoms. The molecular formula is C23H13ClFNO4. The number of halogens is 2. The van der Waals surface area contributed by atoms with Gasteiger partial charge in [0.25, 0.3) is 0 Å². The molecule has 0 aliphatic carbocycles. The largest absolute Gasteiger partial charge is 0.423 e. The Balaban J connectivity index is 1.49. The number of hydrogen-bond acceptors (Lipinski definition) is 5. The molecular weight excluding hydrogens is 409 g/mol. The maximum absolute atomic E-state index is 13.0. The number of ether oxygens (including phenoxy) is 2. The highest BCUT2D eigenvalue weighted by Crippen LogP contribution is 2.22. The van der Waals surface area contributed by atoms with E-state index in [1.807, 2.05) is 0 Å². The predicted molar refractivity (Wildman–Crippen MR) is 110 cm³/mol. The number of rotatable bonds is 4. The molecule has 1 aliphatic rings. The summed E-state index contributed by atoms with van der Waals surface area (Å²) in [6.07, 6.45) is 1.54. The van der Waals surface area contributed by atoms with Crippen LogP contribution in [0, 0.1) is 5.82 Å². The summed E-state index contributed by atoms with van der Waals surface area (Å²) in [4.78, 5) is 28.4. The highest BCUT2D eigenvalue weighted by atomic mass is 35.5. The molecule has 30 heavy (non-hydrogen) atoms. The Bertz CT molecular complexity index is 1180. The molecule has 1 heterocycles. The molecule has 0 N–H and O–H groups in total. The number of hydrogen-bond donors (Lipinski definition) is 0. The molecule has 0 saturated heterocycles. The monoisotopic (exact) mass is 421 g/mol. The summed E-state index contributed by atoms with van der Waals surface area (Å²) in [5, 5.41) is 0.304. The van der Waals surface area contributed by atoms with Crippen LogP contribution in [0.4, 0.5) is 4.39 Å². The Morgan fingerprint density at radius 3 is 2.40 bits per heavy atom. The van der Waals surface area contributed by atoms with E-state index >= 15 is 0 Å². The lowest BCUT2D eigenvalue weighted by atomic mass is 10.2. The molecule has 3 aromatic rings. The predicted octanol–water partition coefficient (Wildman–Crippen LogP) is 5.04. The van der Waals surface area contributed by atoms with Gasteiger partial charge in [0.2, 0.25) is 5.90 Å². The zero-order valence-corrected chi connectivity index (χ0v) is 16.1. The van der Waals surface area contributed by atoms with Crippen molar-refractivity contribution in [2.75, 3.05) is 0 Å². The quantitative estimate of drug-likeness (QED) is 0.336. The summed E-state index contributed by atoms with van der Waals surface area (Å²) in [6, 6.07) is 18.6. The van der Waals surface area contributed by atoms with Crippen molar-refractivity contribution >= 4 is 35.5 Å². The van der Waals surface area contributed by atoms with Gasteiger partial charge < -0.3 is 9.47 Å². The van der Waals surface area contributed by atoms with E-state index in [0.717, 1.165) is 0 Å².